The van der Waals surface area contributed by atoms with Gasteiger partial charge in [0.15, 0.2) is 0 Å². The van der Waals surface area contributed by atoms with Gasteiger partial charge in [-0.05, 0) is 54.5 Å². The predicted molar refractivity (Wildman–Crippen MR) is 107 cm³/mol. The SMILES string of the molecule is C#Cc1ccc(C2=CC3CCCC(C2)N3C(=O)OCc2ccccc2)cc1. The van der Waals surface area contributed by atoms with Crippen LogP contribution in [0.15, 0.2) is 60.7 Å². The van der Waals surface area contributed by atoms with Crippen molar-refractivity contribution in [1.82, 2.24) is 4.90 Å². The first-order chi connectivity index (χ1) is 13.2. The third-order valence-electron chi connectivity index (χ3n) is 5.48. The minimum absolute atomic E-state index is 0.114. The van der Waals surface area contributed by atoms with Crippen molar-refractivity contribution in [2.75, 3.05) is 0 Å². The van der Waals surface area contributed by atoms with Gasteiger partial charge in [-0.25, -0.2) is 4.79 Å². The number of benzene rings is 2. The Bertz CT molecular complexity index is 877. The minimum atomic E-state index is -0.202. The smallest absolute Gasteiger partial charge is 0.410 e. The number of terminal acetylenes is 1. The second-order valence-electron chi connectivity index (χ2n) is 7.22. The van der Waals surface area contributed by atoms with E-state index in [1.165, 1.54) is 11.1 Å². The molecule has 136 valence electrons. The van der Waals surface area contributed by atoms with Crippen molar-refractivity contribution in [3.63, 3.8) is 0 Å². The molecule has 2 heterocycles. The average molecular weight is 357 g/mol. The molecule has 0 radical (unpaired) electrons. The molecule has 2 aromatic rings. The Balaban J connectivity index is 1.49. The largest absolute Gasteiger partial charge is 0.445 e. The summed E-state index contributed by atoms with van der Waals surface area (Å²) in [7, 11) is 0. The van der Waals surface area contributed by atoms with Crippen molar-refractivity contribution in [2.45, 2.75) is 44.4 Å². The molecule has 1 amide bonds. The zero-order chi connectivity index (χ0) is 18.6. The monoisotopic (exact) mass is 357 g/mol. The van der Waals surface area contributed by atoms with Gasteiger partial charge in [-0.15, -0.1) is 6.42 Å². The second-order valence-corrected chi connectivity index (χ2v) is 7.22. The van der Waals surface area contributed by atoms with Crippen LogP contribution in [0.25, 0.3) is 5.57 Å². The van der Waals surface area contributed by atoms with Crippen molar-refractivity contribution in [1.29, 1.82) is 0 Å². The molecule has 4 rings (SSSR count). The number of nitrogens with zero attached hydrogens (tertiary/aromatic N) is 1. The molecule has 0 saturated carbocycles. The highest BCUT2D eigenvalue weighted by atomic mass is 16.6. The molecular weight excluding hydrogens is 334 g/mol. The fourth-order valence-corrected chi connectivity index (χ4v) is 4.10. The van der Waals surface area contributed by atoms with Gasteiger partial charge in [0.25, 0.3) is 0 Å². The quantitative estimate of drug-likeness (QED) is 0.722. The maximum atomic E-state index is 12.8. The summed E-state index contributed by atoms with van der Waals surface area (Å²) < 4.78 is 5.61. The maximum absolute atomic E-state index is 12.8. The van der Waals surface area contributed by atoms with Crippen LogP contribution in [0.3, 0.4) is 0 Å². The fourth-order valence-electron chi connectivity index (χ4n) is 4.10. The van der Waals surface area contributed by atoms with E-state index in [2.05, 4.69) is 24.1 Å². The van der Waals surface area contributed by atoms with Crippen molar-refractivity contribution in [3.05, 3.63) is 77.4 Å². The number of hydrogen-bond donors (Lipinski definition) is 0. The first kappa shape index (κ1) is 17.4. The molecule has 2 aromatic carbocycles. The molecule has 2 aliphatic rings. The third kappa shape index (κ3) is 3.75. The number of rotatable bonds is 3. The summed E-state index contributed by atoms with van der Waals surface area (Å²) in [4.78, 5) is 14.7. The lowest BCUT2D eigenvalue weighted by Gasteiger charge is -2.44. The van der Waals surface area contributed by atoms with Gasteiger partial charge in [-0.2, -0.15) is 0 Å². The molecule has 2 unspecified atom stereocenters. The molecule has 2 aliphatic heterocycles. The second kappa shape index (κ2) is 7.72. The average Bonchev–Trinajstić information content (AvgIpc) is 2.72. The minimum Gasteiger partial charge on any atom is -0.445 e. The molecule has 27 heavy (non-hydrogen) atoms. The highest BCUT2D eigenvalue weighted by Gasteiger charge is 2.38. The topological polar surface area (TPSA) is 29.5 Å². The molecule has 2 atom stereocenters. The van der Waals surface area contributed by atoms with E-state index >= 15 is 0 Å². The summed E-state index contributed by atoms with van der Waals surface area (Å²) >= 11 is 0. The van der Waals surface area contributed by atoms with Gasteiger partial charge in [-0.1, -0.05) is 54.5 Å². The van der Waals surface area contributed by atoms with Crippen LogP contribution in [0.4, 0.5) is 4.79 Å². The Kier molecular flexibility index (Phi) is 4.98. The first-order valence-electron chi connectivity index (χ1n) is 9.51. The van der Waals surface area contributed by atoms with E-state index in [1.54, 1.807) is 0 Å². The normalized spacial score (nSPS) is 21.1. The van der Waals surface area contributed by atoms with Gasteiger partial charge in [0.05, 0.1) is 6.04 Å². The van der Waals surface area contributed by atoms with Crippen LogP contribution in [-0.2, 0) is 11.3 Å². The number of carbonyl (C=O) groups excluding carboxylic acids is 1. The van der Waals surface area contributed by atoms with Crippen LogP contribution in [0.2, 0.25) is 0 Å². The lowest BCUT2D eigenvalue weighted by Crippen LogP contribution is -2.51. The number of carbonyl (C=O) groups is 1. The molecule has 0 aromatic heterocycles. The van der Waals surface area contributed by atoms with Gasteiger partial charge in [0, 0.05) is 11.6 Å². The number of piperidine rings is 1. The summed E-state index contributed by atoms with van der Waals surface area (Å²) in [6.45, 7) is 0.319. The van der Waals surface area contributed by atoms with Crippen LogP contribution in [0, 0.1) is 12.3 Å². The van der Waals surface area contributed by atoms with Crippen molar-refractivity contribution < 1.29 is 9.53 Å². The Labute approximate surface area is 160 Å². The zero-order valence-corrected chi connectivity index (χ0v) is 15.3. The standard InChI is InChI=1S/C24H23NO2/c1-2-18-11-13-20(14-12-18)21-15-22-9-6-10-23(16-21)25(22)24(26)27-17-19-7-4-3-5-8-19/h1,3-5,7-8,11-15,22-23H,6,9-10,16-17H2. The first-order valence-corrected chi connectivity index (χ1v) is 9.51. The van der Waals surface area contributed by atoms with E-state index in [1.807, 2.05) is 47.4 Å². The highest BCUT2D eigenvalue weighted by Crippen LogP contribution is 2.37. The molecule has 0 spiro atoms. The van der Waals surface area contributed by atoms with Gasteiger partial charge < -0.3 is 4.74 Å². The molecule has 3 nitrogen and oxygen atoms in total. The Morgan fingerprint density at radius 2 is 1.89 bits per heavy atom. The van der Waals surface area contributed by atoms with Gasteiger partial charge in [-0.3, -0.25) is 4.90 Å². The van der Waals surface area contributed by atoms with Crippen LogP contribution in [-0.4, -0.2) is 23.1 Å². The molecule has 1 saturated heterocycles. The predicted octanol–water partition coefficient (Wildman–Crippen LogP) is 5.01. The third-order valence-corrected chi connectivity index (χ3v) is 5.48. The van der Waals surface area contributed by atoms with Crippen molar-refractivity contribution in [3.8, 4) is 12.3 Å². The van der Waals surface area contributed by atoms with E-state index in [4.69, 9.17) is 11.2 Å². The molecule has 0 aliphatic carbocycles. The number of amides is 1. The molecule has 2 bridgehead atoms. The molecule has 0 N–H and O–H groups in total. The Morgan fingerprint density at radius 1 is 1.11 bits per heavy atom. The Morgan fingerprint density at radius 3 is 2.59 bits per heavy atom. The van der Waals surface area contributed by atoms with E-state index in [-0.39, 0.29) is 18.2 Å². The van der Waals surface area contributed by atoms with Crippen molar-refractivity contribution >= 4 is 11.7 Å². The summed E-state index contributed by atoms with van der Waals surface area (Å²) in [5.41, 5.74) is 4.41. The number of ether oxygens (including phenoxy) is 1. The number of hydrogen-bond acceptors (Lipinski definition) is 2. The van der Waals surface area contributed by atoms with E-state index in [9.17, 15) is 4.79 Å². The van der Waals surface area contributed by atoms with Gasteiger partial charge >= 0.3 is 6.09 Å². The summed E-state index contributed by atoms with van der Waals surface area (Å²) in [6.07, 6.45) is 11.5. The van der Waals surface area contributed by atoms with E-state index in [0.717, 1.165) is 36.8 Å². The van der Waals surface area contributed by atoms with Gasteiger partial charge in [0.1, 0.15) is 6.61 Å². The number of fused-ring (bicyclic) bond motifs is 2. The van der Waals surface area contributed by atoms with Gasteiger partial charge in [0.2, 0.25) is 0 Å². The zero-order valence-electron chi connectivity index (χ0n) is 15.3. The van der Waals surface area contributed by atoms with Crippen molar-refractivity contribution in [2.24, 2.45) is 0 Å². The fraction of sp³-hybridized carbons (Fsp3) is 0.292. The molecule has 1 fully saturated rings. The lowest BCUT2D eigenvalue weighted by molar-refractivity contribution is 0.0510. The highest BCUT2D eigenvalue weighted by molar-refractivity contribution is 5.74. The summed E-state index contributed by atoms with van der Waals surface area (Å²) in [6, 6.07) is 18.3. The lowest BCUT2D eigenvalue weighted by atomic mass is 9.83. The molecular formula is C24H23NO2. The Hall–Kier alpha value is -2.99. The van der Waals surface area contributed by atoms with Crippen LogP contribution < -0.4 is 0 Å². The van der Waals surface area contributed by atoms with Crippen LogP contribution >= 0.6 is 0 Å². The summed E-state index contributed by atoms with van der Waals surface area (Å²) in [5.74, 6) is 2.66. The van der Waals surface area contributed by atoms with E-state index in [0.29, 0.717) is 6.61 Å². The summed E-state index contributed by atoms with van der Waals surface area (Å²) in [5, 5.41) is 0. The van der Waals surface area contributed by atoms with E-state index < -0.39 is 0 Å². The molecule has 3 heteroatoms. The van der Waals surface area contributed by atoms with Crippen LogP contribution in [0.5, 0.6) is 0 Å². The van der Waals surface area contributed by atoms with Crippen LogP contribution in [0.1, 0.15) is 42.4 Å². The maximum Gasteiger partial charge on any atom is 0.410 e.